The first-order valence-corrected chi connectivity index (χ1v) is 7.14. The van der Waals surface area contributed by atoms with Crippen LogP contribution in [0.15, 0.2) is 0 Å². The van der Waals surface area contributed by atoms with Crippen LogP contribution in [0.5, 0.6) is 0 Å². The van der Waals surface area contributed by atoms with Crippen molar-refractivity contribution in [2.75, 3.05) is 13.2 Å². The molecular weight excluding hydrogens is 214 g/mol. The monoisotopic (exact) mass is 241 g/mol. The van der Waals surface area contributed by atoms with E-state index in [0.717, 1.165) is 19.1 Å². The Labute approximate surface area is 105 Å². The molecule has 1 aliphatic carbocycles. The highest BCUT2D eigenvalue weighted by molar-refractivity contribution is 4.79. The van der Waals surface area contributed by atoms with E-state index >= 15 is 0 Å². The van der Waals surface area contributed by atoms with Crippen LogP contribution >= 0.6 is 0 Å². The second kappa shape index (κ2) is 5.68. The van der Waals surface area contributed by atoms with Gasteiger partial charge in [0.05, 0.1) is 12.7 Å². The Hall–Kier alpha value is -0.120. The van der Waals surface area contributed by atoms with Crippen LogP contribution in [0.1, 0.15) is 52.9 Å². The SMILES string of the molecule is CCC1CCC(NCC2COC(C)(C)O2)CC1. The van der Waals surface area contributed by atoms with Crippen LogP contribution in [-0.2, 0) is 9.47 Å². The van der Waals surface area contributed by atoms with Gasteiger partial charge in [0.1, 0.15) is 0 Å². The van der Waals surface area contributed by atoms with E-state index in [0.29, 0.717) is 6.04 Å². The summed E-state index contributed by atoms with van der Waals surface area (Å²) in [6.45, 7) is 7.94. The lowest BCUT2D eigenvalue weighted by molar-refractivity contribution is -0.138. The first-order chi connectivity index (χ1) is 8.09. The van der Waals surface area contributed by atoms with Gasteiger partial charge in [-0.2, -0.15) is 0 Å². The molecule has 2 fully saturated rings. The first-order valence-electron chi connectivity index (χ1n) is 7.14. The first kappa shape index (κ1) is 13.3. The molecular formula is C14H27NO2. The molecule has 3 heteroatoms. The van der Waals surface area contributed by atoms with Gasteiger partial charge in [-0.25, -0.2) is 0 Å². The maximum Gasteiger partial charge on any atom is 0.163 e. The van der Waals surface area contributed by atoms with Gasteiger partial charge < -0.3 is 14.8 Å². The molecule has 0 aromatic carbocycles. The fourth-order valence-electron chi connectivity index (χ4n) is 2.94. The number of nitrogens with one attached hydrogen (secondary N) is 1. The zero-order valence-corrected chi connectivity index (χ0v) is 11.5. The third-order valence-electron chi connectivity index (χ3n) is 4.13. The smallest absolute Gasteiger partial charge is 0.163 e. The summed E-state index contributed by atoms with van der Waals surface area (Å²) in [5.74, 6) is 0.588. The molecule has 1 N–H and O–H groups in total. The normalized spacial score (nSPS) is 37.2. The van der Waals surface area contributed by atoms with Crippen molar-refractivity contribution in [3.05, 3.63) is 0 Å². The predicted molar refractivity (Wildman–Crippen MR) is 68.9 cm³/mol. The lowest BCUT2D eigenvalue weighted by Crippen LogP contribution is -2.39. The summed E-state index contributed by atoms with van der Waals surface area (Å²) in [5, 5.41) is 3.64. The van der Waals surface area contributed by atoms with Crippen LogP contribution in [0.2, 0.25) is 0 Å². The van der Waals surface area contributed by atoms with Crippen molar-refractivity contribution < 1.29 is 9.47 Å². The predicted octanol–water partition coefficient (Wildman–Crippen LogP) is 2.70. The van der Waals surface area contributed by atoms with Crippen molar-refractivity contribution in [1.29, 1.82) is 0 Å². The van der Waals surface area contributed by atoms with Gasteiger partial charge in [0.25, 0.3) is 0 Å². The lowest BCUT2D eigenvalue weighted by atomic mass is 9.84. The van der Waals surface area contributed by atoms with Gasteiger partial charge in [-0.3, -0.25) is 0 Å². The van der Waals surface area contributed by atoms with Crippen LogP contribution in [-0.4, -0.2) is 31.1 Å². The van der Waals surface area contributed by atoms with E-state index in [-0.39, 0.29) is 11.9 Å². The summed E-state index contributed by atoms with van der Waals surface area (Å²) in [4.78, 5) is 0. The molecule has 0 radical (unpaired) electrons. The molecule has 0 spiro atoms. The Balaban J connectivity index is 1.63. The minimum atomic E-state index is -0.383. The molecule has 0 amide bonds. The van der Waals surface area contributed by atoms with Crippen molar-refractivity contribution in [3.63, 3.8) is 0 Å². The summed E-state index contributed by atoms with van der Waals surface area (Å²) in [7, 11) is 0. The number of hydrogen-bond donors (Lipinski definition) is 1. The molecule has 1 saturated heterocycles. The summed E-state index contributed by atoms with van der Waals surface area (Å²) >= 11 is 0. The van der Waals surface area contributed by atoms with Gasteiger partial charge in [-0.1, -0.05) is 13.3 Å². The Morgan fingerprint density at radius 1 is 1.18 bits per heavy atom. The van der Waals surface area contributed by atoms with E-state index in [9.17, 15) is 0 Å². The van der Waals surface area contributed by atoms with Gasteiger partial charge in [-0.15, -0.1) is 0 Å². The molecule has 1 heterocycles. The van der Waals surface area contributed by atoms with Gasteiger partial charge in [-0.05, 0) is 45.4 Å². The summed E-state index contributed by atoms with van der Waals surface area (Å²) in [6.07, 6.45) is 7.02. The average molecular weight is 241 g/mol. The van der Waals surface area contributed by atoms with Gasteiger partial charge >= 0.3 is 0 Å². The van der Waals surface area contributed by atoms with E-state index in [4.69, 9.17) is 9.47 Å². The second-order valence-corrected chi connectivity index (χ2v) is 5.98. The number of hydrogen-bond acceptors (Lipinski definition) is 3. The van der Waals surface area contributed by atoms with Gasteiger partial charge in [0.15, 0.2) is 5.79 Å². The third kappa shape index (κ3) is 3.94. The van der Waals surface area contributed by atoms with Crippen LogP contribution in [0.4, 0.5) is 0 Å². The minimum Gasteiger partial charge on any atom is -0.348 e. The van der Waals surface area contributed by atoms with E-state index in [2.05, 4.69) is 12.2 Å². The molecule has 1 saturated carbocycles. The molecule has 17 heavy (non-hydrogen) atoms. The highest BCUT2D eigenvalue weighted by Gasteiger charge is 2.32. The van der Waals surface area contributed by atoms with Crippen LogP contribution in [0.3, 0.4) is 0 Å². The second-order valence-electron chi connectivity index (χ2n) is 5.98. The largest absolute Gasteiger partial charge is 0.348 e. The maximum atomic E-state index is 5.80. The summed E-state index contributed by atoms with van der Waals surface area (Å²) in [5.41, 5.74) is 0. The Bertz CT molecular complexity index is 234. The van der Waals surface area contributed by atoms with Crippen molar-refractivity contribution in [1.82, 2.24) is 5.32 Å². The highest BCUT2D eigenvalue weighted by atomic mass is 16.7. The van der Waals surface area contributed by atoms with E-state index in [1.807, 2.05) is 13.8 Å². The van der Waals surface area contributed by atoms with Crippen molar-refractivity contribution in [2.45, 2.75) is 70.8 Å². The molecule has 1 unspecified atom stereocenters. The Kier molecular flexibility index (Phi) is 4.45. The zero-order valence-electron chi connectivity index (χ0n) is 11.5. The topological polar surface area (TPSA) is 30.5 Å². The van der Waals surface area contributed by atoms with E-state index in [1.165, 1.54) is 32.1 Å². The van der Waals surface area contributed by atoms with Crippen LogP contribution < -0.4 is 5.32 Å². The van der Waals surface area contributed by atoms with Crippen molar-refractivity contribution >= 4 is 0 Å². The number of rotatable bonds is 4. The summed E-state index contributed by atoms with van der Waals surface area (Å²) in [6, 6.07) is 0.699. The quantitative estimate of drug-likeness (QED) is 0.821. The molecule has 100 valence electrons. The third-order valence-corrected chi connectivity index (χ3v) is 4.13. The molecule has 3 nitrogen and oxygen atoms in total. The minimum absolute atomic E-state index is 0.230. The lowest BCUT2D eigenvalue weighted by Gasteiger charge is -2.29. The zero-order chi connectivity index (χ0) is 12.3. The Morgan fingerprint density at radius 2 is 1.88 bits per heavy atom. The van der Waals surface area contributed by atoms with Crippen LogP contribution in [0.25, 0.3) is 0 Å². The molecule has 1 atom stereocenters. The molecule has 0 aromatic rings. The molecule has 2 rings (SSSR count). The van der Waals surface area contributed by atoms with E-state index < -0.39 is 0 Å². The van der Waals surface area contributed by atoms with Crippen molar-refractivity contribution in [3.8, 4) is 0 Å². The van der Waals surface area contributed by atoms with Gasteiger partial charge in [0.2, 0.25) is 0 Å². The maximum absolute atomic E-state index is 5.80. The molecule has 2 aliphatic rings. The fraction of sp³-hybridized carbons (Fsp3) is 1.00. The average Bonchev–Trinajstić information content (AvgIpc) is 2.67. The van der Waals surface area contributed by atoms with E-state index in [1.54, 1.807) is 0 Å². The van der Waals surface area contributed by atoms with Crippen molar-refractivity contribution in [2.24, 2.45) is 5.92 Å². The number of ether oxygens (including phenoxy) is 2. The van der Waals surface area contributed by atoms with Crippen LogP contribution in [0, 0.1) is 5.92 Å². The standard InChI is InChI=1S/C14H27NO2/c1-4-11-5-7-12(8-6-11)15-9-13-10-16-14(2,3)17-13/h11-13,15H,4-10H2,1-3H3. The molecule has 1 aliphatic heterocycles. The Morgan fingerprint density at radius 3 is 2.41 bits per heavy atom. The highest BCUT2D eigenvalue weighted by Crippen LogP contribution is 2.27. The van der Waals surface area contributed by atoms with Gasteiger partial charge in [0, 0.05) is 12.6 Å². The molecule has 0 bridgehead atoms. The fourth-order valence-corrected chi connectivity index (χ4v) is 2.94. The molecule has 0 aromatic heterocycles. The summed E-state index contributed by atoms with van der Waals surface area (Å²) < 4.78 is 11.4.